The van der Waals surface area contributed by atoms with E-state index in [1.807, 2.05) is 18.7 Å². The molecule has 1 N–H and O–H groups in total. The van der Waals surface area contributed by atoms with E-state index >= 15 is 0 Å². The Morgan fingerprint density at radius 1 is 1.58 bits per heavy atom. The molecule has 2 nitrogen and oxygen atoms in total. The summed E-state index contributed by atoms with van der Waals surface area (Å²) in [6.45, 7) is 7.38. The first-order chi connectivity index (χ1) is 5.67. The molecule has 1 atom stereocenters. The number of hydrogen-bond donors (Lipinski definition) is 1. The molecule has 1 saturated heterocycles. The lowest BCUT2D eigenvalue weighted by atomic mass is 9.83. The quantitative estimate of drug-likeness (QED) is 0.687. The van der Waals surface area contributed by atoms with E-state index in [0.717, 1.165) is 6.61 Å². The molecule has 0 radical (unpaired) electrons. The third-order valence-electron chi connectivity index (χ3n) is 2.49. The maximum atomic E-state index is 5.25. The van der Waals surface area contributed by atoms with Crippen molar-refractivity contribution in [2.24, 2.45) is 5.41 Å². The molecule has 0 bridgehead atoms. The van der Waals surface area contributed by atoms with Crippen LogP contribution in [0, 0.1) is 5.41 Å². The average molecular weight is 189 g/mol. The zero-order chi connectivity index (χ0) is 9.03. The molecule has 1 unspecified atom stereocenters. The van der Waals surface area contributed by atoms with Crippen LogP contribution < -0.4 is 5.48 Å². The highest BCUT2D eigenvalue weighted by Crippen LogP contribution is 2.33. The van der Waals surface area contributed by atoms with Crippen LogP contribution in [-0.2, 0) is 4.84 Å². The van der Waals surface area contributed by atoms with Gasteiger partial charge in [0.1, 0.15) is 0 Å². The van der Waals surface area contributed by atoms with Crippen LogP contribution in [0.5, 0.6) is 0 Å². The number of hydroxylamine groups is 1. The summed E-state index contributed by atoms with van der Waals surface area (Å²) in [5.41, 5.74) is 3.53. The van der Waals surface area contributed by atoms with Gasteiger partial charge in [-0.15, -0.1) is 0 Å². The fourth-order valence-corrected chi connectivity index (χ4v) is 2.91. The van der Waals surface area contributed by atoms with Gasteiger partial charge in [0.15, 0.2) is 0 Å². The highest BCUT2D eigenvalue weighted by Gasteiger charge is 2.32. The molecule has 0 aliphatic carbocycles. The zero-order valence-electron chi connectivity index (χ0n) is 8.22. The molecule has 0 aromatic carbocycles. The molecule has 12 heavy (non-hydrogen) atoms. The summed E-state index contributed by atoms with van der Waals surface area (Å²) in [6, 6.07) is 0.510. The van der Waals surface area contributed by atoms with Gasteiger partial charge in [-0.3, -0.25) is 0 Å². The Morgan fingerprint density at radius 2 is 2.33 bits per heavy atom. The largest absolute Gasteiger partial charge is 0.302 e. The average Bonchev–Trinajstić information content (AvgIpc) is 2.02. The molecular formula is C9H19NOS. The van der Waals surface area contributed by atoms with Crippen molar-refractivity contribution in [1.82, 2.24) is 5.48 Å². The van der Waals surface area contributed by atoms with Gasteiger partial charge in [-0.25, -0.2) is 0 Å². The van der Waals surface area contributed by atoms with Gasteiger partial charge >= 0.3 is 0 Å². The van der Waals surface area contributed by atoms with Crippen LogP contribution in [0.2, 0.25) is 0 Å². The lowest BCUT2D eigenvalue weighted by Gasteiger charge is -2.38. The summed E-state index contributed by atoms with van der Waals surface area (Å²) in [4.78, 5) is 5.25. The second kappa shape index (κ2) is 4.49. The highest BCUT2D eigenvalue weighted by atomic mass is 32.2. The first-order valence-corrected chi connectivity index (χ1v) is 5.77. The smallest absolute Gasteiger partial charge is 0.0654 e. The molecule has 1 aliphatic heterocycles. The number of hydrogen-bond acceptors (Lipinski definition) is 3. The van der Waals surface area contributed by atoms with Crippen molar-refractivity contribution in [1.29, 1.82) is 0 Å². The Kier molecular flexibility index (Phi) is 3.87. The first-order valence-electron chi connectivity index (χ1n) is 4.62. The summed E-state index contributed by atoms with van der Waals surface area (Å²) >= 11 is 2.01. The van der Waals surface area contributed by atoms with Crippen molar-refractivity contribution in [3.05, 3.63) is 0 Å². The number of thioether (sulfide) groups is 1. The van der Waals surface area contributed by atoms with Gasteiger partial charge in [0.2, 0.25) is 0 Å². The van der Waals surface area contributed by atoms with Gasteiger partial charge in [0, 0.05) is 11.8 Å². The molecule has 1 heterocycles. The highest BCUT2D eigenvalue weighted by molar-refractivity contribution is 7.99. The molecular weight excluding hydrogens is 170 g/mol. The molecule has 1 fully saturated rings. The van der Waals surface area contributed by atoms with Crippen LogP contribution in [-0.4, -0.2) is 24.2 Å². The van der Waals surface area contributed by atoms with Crippen molar-refractivity contribution in [3.63, 3.8) is 0 Å². The zero-order valence-corrected chi connectivity index (χ0v) is 9.04. The van der Waals surface area contributed by atoms with Crippen molar-refractivity contribution in [2.45, 2.75) is 33.2 Å². The van der Waals surface area contributed by atoms with Gasteiger partial charge < -0.3 is 4.84 Å². The van der Waals surface area contributed by atoms with Crippen LogP contribution in [0.15, 0.2) is 0 Å². The van der Waals surface area contributed by atoms with Gasteiger partial charge in [-0.1, -0.05) is 13.8 Å². The minimum Gasteiger partial charge on any atom is -0.302 e. The van der Waals surface area contributed by atoms with E-state index in [2.05, 4.69) is 19.3 Å². The van der Waals surface area contributed by atoms with Crippen molar-refractivity contribution >= 4 is 11.8 Å². The number of rotatable bonds is 3. The van der Waals surface area contributed by atoms with E-state index in [1.54, 1.807) is 0 Å². The molecule has 1 aliphatic rings. The number of nitrogens with one attached hydrogen (secondary N) is 1. The van der Waals surface area contributed by atoms with Gasteiger partial charge in [0.25, 0.3) is 0 Å². The van der Waals surface area contributed by atoms with Crippen LogP contribution in [0.25, 0.3) is 0 Å². The maximum absolute atomic E-state index is 5.25. The van der Waals surface area contributed by atoms with Crippen molar-refractivity contribution in [2.75, 3.05) is 18.1 Å². The van der Waals surface area contributed by atoms with Crippen molar-refractivity contribution < 1.29 is 4.84 Å². The Hall–Kier alpha value is 0.270. The maximum Gasteiger partial charge on any atom is 0.0654 e. The topological polar surface area (TPSA) is 21.3 Å². The summed E-state index contributed by atoms with van der Waals surface area (Å²) < 4.78 is 0. The van der Waals surface area contributed by atoms with Crippen LogP contribution in [0.1, 0.15) is 27.2 Å². The Balaban J connectivity index is 2.37. The van der Waals surface area contributed by atoms with Crippen LogP contribution >= 0.6 is 11.8 Å². The van der Waals surface area contributed by atoms with Crippen molar-refractivity contribution in [3.8, 4) is 0 Å². The summed E-state index contributed by atoms with van der Waals surface area (Å²) in [7, 11) is 0. The van der Waals surface area contributed by atoms with Crippen LogP contribution in [0.3, 0.4) is 0 Å². The Labute approximate surface area is 79.4 Å². The van der Waals surface area contributed by atoms with Gasteiger partial charge in [0.05, 0.1) is 6.61 Å². The molecule has 0 spiro atoms. The van der Waals surface area contributed by atoms with Crippen LogP contribution in [0.4, 0.5) is 0 Å². The predicted octanol–water partition coefficient (Wildman–Crippen LogP) is 2.06. The molecule has 1 rings (SSSR count). The Morgan fingerprint density at radius 3 is 2.92 bits per heavy atom. The molecule has 0 amide bonds. The lowest BCUT2D eigenvalue weighted by molar-refractivity contribution is -0.00347. The molecule has 0 saturated carbocycles. The van der Waals surface area contributed by atoms with Gasteiger partial charge in [-0.05, 0) is 24.5 Å². The lowest BCUT2D eigenvalue weighted by Crippen LogP contribution is -2.46. The van der Waals surface area contributed by atoms with E-state index in [9.17, 15) is 0 Å². The summed E-state index contributed by atoms with van der Waals surface area (Å²) in [5, 5.41) is 0. The normalized spacial score (nSPS) is 28.8. The van der Waals surface area contributed by atoms with E-state index in [4.69, 9.17) is 4.84 Å². The van der Waals surface area contributed by atoms with E-state index in [0.29, 0.717) is 11.5 Å². The SMILES string of the molecule is CCONC1CSCCC1(C)C. The second-order valence-electron chi connectivity index (χ2n) is 3.92. The summed E-state index contributed by atoms with van der Waals surface area (Å²) in [6.07, 6.45) is 1.28. The third-order valence-corrected chi connectivity index (χ3v) is 3.55. The third kappa shape index (κ3) is 2.64. The van der Waals surface area contributed by atoms with E-state index < -0.39 is 0 Å². The minimum atomic E-state index is 0.389. The Bertz CT molecular complexity index is 138. The predicted molar refractivity (Wildman–Crippen MR) is 54.3 cm³/mol. The minimum absolute atomic E-state index is 0.389. The van der Waals surface area contributed by atoms with E-state index in [1.165, 1.54) is 17.9 Å². The van der Waals surface area contributed by atoms with Gasteiger partial charge in [-0.2, -0.15) is 17.2 Å². The molecule has 3 heteroatoms. The molecule has 72 valence electrons. The first kappa shape index (κ1) is 10.4. The second-order valence-corrected chi connectivity index (χ2v) is 5.07. The molecule has 0 aromatic heterocycles. The summed E-state index contributed by atoms with van der Waals surface area (Å²) in [5.74, 6) is 2.46. The van der Waals surface area contributed by atoms with E-state index in [-0.39, 0.29) is 0 Å². The molecule has 0 aromatic rings. The fraction of sp³-hybridized carbons (Fsp3) is 1.00. The standard InChI is InChI=1S/C9H19NOS/c1-4-11-10-8-7-12-6-5-9(8,2)3/h8,10H,4-7H2,1-3H3. The monoisotopic (exact) mass is 189 g/mol. The fourth-order valence-electron chi connectivity index (χ4n) is 1.31.